The Morgan fingerprint density at radius 1 is 1.36 bits per heavy atom. The van der Waals surface area contributed by atoms with Crippen LogP contribution >= 0.6 is 0 Å². The minimum absolute atomic E-state index is 0.108. The summed E-state index contributed by atoms with van der Waals surface area (Å²) in [4.78, 5) is 34.7. The molecule has 1 aromatic heterocycles. The minimum Gasteiger partial charge on any atom is -0.469 e. The van der Waals surface area contributed by atoms with E-state index in [1.165, 1.54) is 11.7 Å². The van der Waals surface area contributed by atoms with Gasteiger partial charge in [0.25, 0.3) is 0 Å². The Balaban J connectivity index is 1.94. The molecule has 0 aliphatic heterocycles. The van der Waals surface area contributed by atoms with Crippen molar-refractivity contribution in [2.24, 2.45) is 0 Å². The fraction of sp³-hybridized carbons (Fsp3) is 0.400. The number of oxazole rings is 1. The molecular formula is C15H18N2O5. The molecule has 0 saturated carbocycles. The van der Waals surface area contributed by atoms with Crippen LogP contribution in [-0.4, -0.2) is 29.6 Å². The number of carbonyl (C=O) groups is 2. The van der Waals surface area contributed by atoms with E-state index in [2.05, 4.69) is 10.1 Å². The zero-order chi connectivity index (χ0) is 16.1. The number of hydrogen-bond acceptors (Lipinski definition) is 5. The Kier molecular flexibility index (Phi) is 4.98. The molecule has 118 valence electrons. The topological polar surface area (TPSA) is 90.5 Å². The minimum atomic E-state index is -0.489. The molecule has 1 heterocycles. The van der Waals surface area contributed by atoms with Crippen LogP contribution in [0.5, 0.6) is 0 Å². The summed E-state index contributed by atoms with van der Waals surface area (Å²) in [6.07, 6.45) is 0.228. The highest BCUT2D eigenvalue weighted by Gasteiger charge is 2.14. The summed E-state index contributed by atoms with van der Waals surface area (Å²) >= 11 is 0. The summed E-state index contributed by atoms with van der Waals surface area (Å²) in [6, 6.07) is 6.71. The molecule has 2 aromatic rings. The lowest BCUT2D eigenvalue weighted by Crippen LogP contribution is -2.35. The lowest BCUT2D eigenvalue weighted by Gasteiger charge is -2.12. The number of hydrogen-bond donors (Lipinski definition) is 1. The van der Waals surface area contributed by atoms with Gasteiger partial charge in [0.05, 0.1) is 19.0 Å². The number of benzene rings is 1. The van der Waals surface area contributed by atoms with E-state index in [1.54, 1.807) is 31.2 Å². The van der Waals surface area contributed by atoms with Gasteiger partial charge in [0.15, 0.2) is 5.58 Å². The van der Waals surface area contributed by atoms with Gasteiger partial charge >= 0.3 is 11.7 Å². The molecule has 2 rings (SSSR count). The number of ether oxygens (including phenoxy) is 1. The van der Waals surface area contributed by atoms with Gasteiger partial charge in [0, 0.05) is 19.0 Å². The number of esters is 1. The highest BCUT2D eigenvalue weighted by molar-refractivity contribution is 5.78. The van der Waals surface area contributed by atoms with Gasteiger partial charge in [0.1, 0.15) is 0 Å². The molecule has 0 bridgehead atoms. The molecule has 0 fully saturated rings. The number of amides is 1. The van der Waals surface area contributed by atoms with E-state index >= 15 is 0 Å². The molecule has 0 radical (unpaired) electrons. The van der Waals surface area contributed by atoms with E-state index in [0.29, 0.717) is 11.1 Å². The second kappa shape index (κ2) is 6.93. The van der Waals surface area contributed by atoms with Crippen LogP contribution in [0.4, 0.5) is 0 Å². The number of aromatic nitrogens is 1. The van der Waals surface area contributed by atoms with Gasteiger partial charge in [0.2, 0.25) is 5.91 Å². The normalized spacial score (nSPS) is 12.1. The summed E-state index contributed by atoms with van der Waals surface area (Å²) in [7, 11) is 1.30. The Morgan fingerprint density at radius 2 is 2.09 bits per heavy atom. The van der Waals surface area contributed by atoms with Gasteiger partial charge < -0.3 is 14.5 Å². The number of nitrogens with one attached hydrogen (secondary N) is 1. The van der Waals surface area contributed by atoms with Gasteiger partial charge in [-0.2, -0.15) is 0 Å². The number of methoxy groups -OCH3 is 1. The van der Waals surface area contributed by atoms with Crippen molar-refractivity contribution in [3.8, 4) is 0 Å². The van der Waals surface area contributed by atoms with Gasteiger partial charge in [-0.25, -0.2) is 4.79 Å². The van der Waals surface area contributed by atoms with Crippen molar-refractivity contribution in [3.63, 3.8) is 0 Å². The molecule has 0 saturated heterocycles. The maximum absolute atomic E-state index is 11.9. The van der Waals surface area contributed by atoms with Crippen molar-refractivity contribution in [3.05, 3.63) is 34.8 Å². The third kappa shape index (κ3) is 3.75. The van der Waals surface area contributed by atoms with E-state index in [1.807, 2.05) is 0 Å². The van der Waals surface area contributed by atoms with Gasteiger partial charge in [-0.05, 0) is 19.1 Å². The third-order valence-electron chi connectivity index (χ3n) is 3.24. The molecule has 22 heavy (non-hydrogen) atoms. The van der Waals surface area contributed by atoms with E-state index in [9.17, 15) is 14.4 Å². The largest absolute Gasteiger partial charge is 0.469 e. The fourth-order valence-corrected chi connectivity index (χ4v) is 2.17. The Morgan fingerprint density at radius 3 is 2.82 bits per heavy atom. The molecule has 1 atom stereocenters. The van der Waals surface area contributed by atoms with Crippen LogP contribution in [-0.2, 0) is 20.9 Å². The summed E-state index contributed by atoms with van der Waals surface area (Å²) in [5, 5.41) is 2.69. The molecule has 1 amide bonds. The molecule has 1 N–H and O–H groups in total. The summed E-state index contributed by atoms with van der Waals surface area (Å²) in [5.41, 5.74) is 1.15. The lowest BCUT2D eigenvalue weighted by molar-refractivity contribution is -0.141. The molecular weight excluding hydrogens is 288 g/mol. The summed E-state index contributed by atoms with van der Waals surface area (Å²) in [6.45, 7) is 1.93. The van der Waals surface area contributed by atoms with Crippen LogP contribution in [0.3, 0.4) is 0 Å². The SMILES string of the molecule is COC(=O)CC(C)NC(=O)CCn1c(=O)oc2ccccc21. The maximum atomic E-state index is 11.9. The number of rotatable bonds is 6. The molecule has 0 spiro atoms. The highest BCUT2D eigenvalue weighted by Crippen LogP contribution is 2.11. The molecule has 0 aliphatic rings. The second-order valence-electron chi connectivity index (χ2n) is 4.99. The van der Waals surface area contributed by atoms with Crippen molar-refractivity contribution >= 4 is 23.0 Å². The zero-order valence-electron chi connectivity index (χ0n) is 12.5. The molecule has 0 aliphatic carbocycles. The predicted octanol–water partition coefficient (Wildman–Crippen LogP) is 1.05. The number of nitrogens with zero attached hydrogens (tertiary/aromatic N) is 1. The Hall–Kier alpha value is -2.57. The van der Waals surface area contributed by atoms with Crippen molar-refractivity contribution in [1.82, 2.24) is 9.88 Å². The van der Waals surface area contributed by atoms with Crippen molar-refractivity contribution in [2.75, 3.05) is 7.11 Å². The number of carbonyl (C=O) groups excluding carboxylic acids is 2. The fourth-order valence-electron chi connectivity index (χ4n) is 2.17. The average molecular weight is 306 g/mol. The van der Waals surface area contributed by atoms with Crippen LogP contribution in [0.25, 0.3) is 11.1 Å². The predicted molar refractivity (Wildman–Crippen MR) is 79.3 cm³/mol. The quantitative estimate of drug-likeness (QED) is 0.806. The van der Waals surface area contributed by atoms with Crippen LogP contribution < -0.4 is 11.1 Å². The average Bonchev–Trinajstić information content (AvgIpc) is 2.80. The van der Waals surface area contributed by atoms with Crippen molar-refractivity contribution in [2.45, 2.75) is 32.4 Å². The van der Waals surface area contributed by atoms with E-state index in [4.69, 9.17) is 4.42 Å². The molecule has 7 heteroatoms. The first-order chi connectivity index (χ1) is 10.5. The van der Waals surface area contributed by atoms with E-state index in [-0.39, 0.29) is 37.3 Å². The highest BCUT2D eigenvalue weighted by atomic mass is 16.5. The summed E-state index contributed by atoms with van der Waals surface area (Å²) in [5.74, 6) is -1.12. The first kappa shape index (κ1) is 15.8. The van der Waals surface area contributed by atoms with Crippen molar-refractivity contribution < 1.29 is 18.7 Å². The monoisotopic (exact) mass is 306 g/mol. The first-order valence-electron chi connectivity index (χ1n) is 6.96. The first-order valence-corrected chi connectivity index (χ1v) is 6.96. The molecule has 7 nitrogen and oxygen atoms in total. The number of para-hydroxylation sites is 2. The third-order valence-corrected chi connectivity index (χ3v) is 3.24. The van der Waals surface area contributed by atoms with Crippen LogP contribution in [0.15, 0.2) is 33.5 Å². The van der Waals surface area contributed by atoms with Gasteiger partial charge in [-0.1, -0.05) is 12.1 Å². The van der Waals surface area contributed by atoms with Crippen molar-refractivity contribution in [1.29, 1.82) is 0 Å². The zero-order valence-corrected chi connectivity index (χ0v) is 12.5. The second-order valence-corrected chi connectivity index (χ2v) is 4.99. The number of fused-ring (bicyclic) bond motifs is 1. The number of aryl methyl sites for hydroxylation is 1. The van der Waals surface area contributed by atoms with Crippen LogP contribution in [0.1, 0.15) is 19.8 Å². The standard InChI is InChI=1S/C15H18N2O5/c1-10(9-14(19)21-2)16-13(18)7-8-17-11-5-3-4-6-12(11)22-15(17)20/h3-6,10H,7-9H2,1-2H3,(H,16,18). The molecule has 1 aromatic carbocycles. The van der Waals surface area contributed by atoms with Gasteiger partial charge in [-0.3, -0.25) is 14.2 Å². The molecule has 1 unspecified atom stereocenters. The van der Waals surface area contributed by atoms with Gasteiger partial charge in [-0.15, -0.1) is 0 Å². The van der Waals surface area contributed by atoms with Crippen LogP contribution in [0.2, 0.25) is 0 Å². The van der Waals surface area contributed by atoms with E-state index < -0.39 is 5.76 Å². The maximum Gasteiger partial charge on any atom is 0.419 e. The lowest BCUT2D eigenvalue weighted by atomic mass is 10.2. The summed E-state index contributed by atoms with van der Waals surface area (Å²) < 4.78 is 11.0. The smallest absolute Gasteiger partial charge is 0.419 e. The van der Waals surface area contributed by atoms with E-state index in [0.717, 1.165) is 0 Å². The Bertz CT molecular complexity index is 731. The van der Waals surface area contributed by atoms with Crippen LogP contribution in [0, 0.1) is 0 Å². The Labute approximate surface area is 126 Å².